The van der Waals surface area contributed by atoms with E-state index in [1.165, 1.54) is 7.11 Å². The monoisotopic (exact) mass is 228 g/mol. The van der Waals surface area contributed by atoms with Crippen molar-refractivity contribution in [2.24, 2.45) is 11.8 Å². The first-order chi connectivity index (χ1) is 7.35. The van der Waals surface area contributed by atoms with Gasteiger partial charge in [0.1, 0.15) is 5.60 Å². The first-order valence-corrected chi connectivity index (χ1v) is 5.66. The summed E-state index contributed by atoms with van der Waals surface area (Å²) in [5.74, 6) is -1.22. The van der Waals surface area contributed by atoms with Crippen molar-refractivity contribution in [3.8, 4) is 0 Å². The van der Waals surface area contributed by atoms with Crippen LogP contribution in [0.5, 0.6) is 0 Å². The van der Waals surface area contributed by atoms with Crippen molar-refractivity contribution < 1.29 is 19.1 Å². The van der Waals surface area contributed by atoms with E-state index in [-0.39, 0.29) is 23.8 Å². The molecule has 1 rings (SSSR count). The van der Waals surface area contributed by atoms with Gasteiger partial charge in [-0.15, -0.1) is 0 Å². The minimum atomic E-state index is -0.500. The van der Waals surface area contributed by atoms with E-state index in [4.69, 9.17) is 9.47 Å². The maximum atomic E-state index is 11.9. The van der Waals surface area contributed by atoms with E-state index < -0.39 is 5.60 Å². The molecule has 4 heteroatoms. The topological polar surface area (TPSA) is 52.6 Å². The Balaban J connectivity index is 2.65. The minimum absolute atomic E-state index is 0.277. The van der Waals surface area contributed by atoms with E-state index in [0.29, 0.717) is 6.42 Å². The van der Waals surface area contributed by atoms with Crippen LogP contribution in [-0.4, -0.2) is 24.6 Å². The van der Waals surface area contributed by atoms with Crippen molar-refractivity contribution in [1.29, 1.82) is 0 Å². The Morgan fingerprint density at radius 3 is 2.00 bits per heavy atom. The lowest BCUT2D eigenvalue weighted by molar-refractivity contribution is -0.166. The van der Waals surface area contributed by atoms with Crippen molar-refractivity contribution in [2.45, 2.75) is 45.6 Å². The van der Waals surface area contributed by atoms with Crippen LogP contribution in [0.1, 0.15) is 40.0 Å². The fraction of sp³-hybridized carbons (Fsp3) is 0.833. The molecule has 1 fully saturated rings. The molecule has 4 nitrogen and oxygen atoms in total. The third-order valence-electron chi connectivity index (χ3n) is 2.73. The van der Waals surface area contributed by atoms with Gasteiger partial charge in [0.25, 0.3) is 0 Å². The molecule has 0 bridgehead atoms. The number of carbonyl (C=O) groups is 2. The first kappa shape index (κ1) is 13.0. The summed E-state index contributed by atoms with van der Waals surface area (Å²) < 4.78 is 10.00. The van der Waals surface area contributed by atoms with Crippen LogP contribution in [0.2, 0.25) is 0 Å². The summed E-state index contributed by atoms with van der Waals surface area (Å²) in [4.78, 5) is 23.3. The second-order valence-electron chi connectivity index (χ2n) is 5.20. The standard InChI is InChI=1S/C12H20O4/c1-12(2,3)16-11(14)9-7-5-6-8(9)10(13)15-4/h8-9H,5-7H2,1-4H3/t8-,9-/m0/s1. The van der Waals surface area contributed by atoms with Gasteiger partial charge in [-0.25, -0.2) is 0 Å². The van der Waals surface area contributed by atoms with Crippen LogP contribution in [0, 0.1) is 11.8 Å². The third-order valence-corrected chi connectivity index (χ3v) is 2.73. The van der Waals surface area contributed by atoms with Crippen LogP contribution in [-0.2, 0) is 19.1 Å². The van der Waals surface area contributed by atoms with Gasteiger partial charge in [0.15, 0.2) is 0 Å². The molecule has 16 heavy (non-hydrogen) atoms. The van der Waals surface area contributed by atoms with E-state index >= 15 is 0 Å². The van der Waals surface area contributed by atoms with Gasteiger partial charge in [0.05, 0.1) is 18.9 Å². The Morgan fingerprint density at radius 2 is 1.56 bits per heavy atom. The molecule has 0 amide bonds. The molecule has 0 saturated heterocycles. The van der Waals surface area contributed by atoms with Gasteiger partial charge in [0.2, 0.25) is 0 Å². The molecule has 0 unspecified atom stereocenters. The number of rotatable bonds is 2. The molecule has 0 aliphatic heterocycles. The highest BCUT2D eigenvalue weighted by Gasteiger charge is 2.40. The summed E-state index contributed by atoms with van der Waals surface area (Å²) >= 11 is 0. The Kier molecular flexibility index (Phi) is 3.94. The summed E-state index contributed by atoms with van der Waals surface area (Å²) in [6.45, 7) is 5.48. The van der Waals surface area contributed by atoms with Crippen molar-refractivity contribution in [1.82, 2.24) is 0 Å². The highest BCUT2D eigenvalue weighted by atomic mass is 16.6. The van der Waals surface area contributed by atoms with Crippen LogP contribution in [0.3, 0.4) is 0 Å². The zero-order valence-corrected chi connectivity index (χ0v) is 10.4. The lowest BCUT2D eigenvalue weighted by Crippen LogP contribution is -2.33. The van der Waals surface area contributed by atoms with E-state index in [1.54, 1.807) is 0 Å². The highest BCUT2D eigenvalue weighted by molar-refractivity contribution is 5.82. The zero-order valence-electron chi connectivity index (χ0n) is 10.4. The largest absolute Gasteiger partial charge is 0.469 e. The predicted octanol–water partition coefficient (Wildman–Crippen LogP) is 1.92. The van der Waals surface area contributed by atoms with Crippen LogP contribution in [0.15, 0.2) is 0 Å². The zero-order chi connectivity index (χ0) is 12.3. The molecule has 1 aliphatic carbocycles. The van der Waals surface area contributed by atoms with Gasteiger partial charge in [0, 0.05) is 0 Å². The van der Waals surface area contributed by atoms with E-state index in [9.17, 15) is 9.59 Å². The van der Waals surface area contributed by atoms with E-state index in [0.717, 1.165) is 12.8 Å². The number of methoxy groups -OCH3 is 1. The Hall–Kier alpha value is -1.06. The summed E-state index contributed by atoms with van der Waals surface area (Å²) in [6.07, 6.45) is 2.31. The van der Waals surface area contributed by atoms with Crippen LogP contribution >= 0.6 is 0 Å². The van der Waals surface area contributed by atoms with Gasteiger partial charge < -0.3 is 9.47 Å². The number of hydrogen-bond donors (Lipinski definition) is 0. The normalized spacial score (nSPS) is 25.2. The average Bonchev–Trinajstić information content (AvgIpc) is 2.62. The fourth-order valence-electron chi connectivity index (χ4n) is 2.05. The van der Waals surface area contributed by atoms with E-state index in [1.807, 2.05) is 20.8 Å². The van der Waals surface area contributed by atoms with Gasteiger partial charge in [-0.05, 0) is 33.6 Å². The lowest BCUT2D eigenvalue weighted by atomic mass is 9.96. The molecule has 0 radical (unpaired) electrons. The number of carbonyl (C=O) groups excluding carboxylic acids is 2. The molecule has 0 aromatic rings. The molecular weight excluding hydrogens is 208 g/mol. The predicted molar refractivity (Wildman–Crippen MR) is 58.7 cm³/mol. The summed E-state index contributed by atoms with van der Waals surface area (Å²) in [5.41, 5.74) is -0.500. The summed E-state index contributed by atoms with van der Waals surface area (Å²) in [6, 6.07) is 0. The van der Waals surface area contributed by atoms with Gasteiger partial charge in [-0.3, -0.25) is 9.59 Å². The minimum Gasteiger partial charge on any atom is -0.469 e. The Labute approximate surface area is 96.3 Å². The average molecular weight is 228 g/mol. The van der Waals surface area contributed by atoms with E-state index in [2.05, 4.69) is 0 Å². The lowest BCUT2D eigenvalue weighted by Gasteiger charge is -2.24. The van der Waals surface area contributed by atoms with Gasteiger partial charge >= 0.3 is 11.9 Å². The second-order valence-corrected chi connectivity index (χ2v) is 5.20. The number of hydrogen-bond acceptors (Lipinski definition) is 4. The van der Waals surface area contributed by atoms with Crippen molar-refractivity contribution in [3.05, 3.63) is 0 Å². The van der Waals surface area contributed by atoms with Crippen LogP contribution in [0.4, 0.5) is 0 Å². The first-order valence-electron chi connectivity index (χ1n) is 5.66. The maximum Gasteiger partial charge on any atom is 0.310 e. The number of ether oxygens (including phenoxy) is 2. The molecule has 2 atom stereocenters. The summed E-state index contributed by atoms with van der Waals surface area (Å²) in [5, 5.41) is 0. The Bertz CT molecular complexity index is 277. The van der Waals surface area contributed by atoms with Crippen LogP contribution in [0.25, 0.3) is 0 Å². The smallest absolute Gasteiger partial charge is 0.310 e. The molecule has 0 spiro atoms. The molecule has 0 heterocycles. The maximum absolute atomic E-state index is 11.9. The third kappa shape index (κ3) is 3.22. The summed E-state index contributed by atoms with van der Waals surface area (Å²) in [7, 11) is 1.35. The van der Waals surface area contributed by atoms with Crippen molar-refractivity contribution >= 4 is 11.9 Å². The molecule has 1 aliphatic rings. The fourth-order valence-corrected chi connectivity index (χ4v) is 2.05. The molecular formula is C12H20O4. The van der Waals surface area contributed by atoms with Gasteiger partial charge in [-0.2, -0.15) is 0 Å². The molecule has 1 saturated carbocycles. The molecule has 0 N–H and O–H groups in total. The molecule has 0 aromatic carbocycles. The van der Waals surface area contributed by atoms with Crippen molar-refractivity contribution in [2.75, 3.05) is 7.11 Å². The highest BCUT2D eigenvalue weighted by Crippen LogP contribution is 2.34. The molecule has 0 aromatic heterocycles. The molecule has 92 valence electrons. The van der Waals surface area contributed by atoms with Gasteiger partial charge in [-0.1, -0.05) is 6.42 Å². The number of esters is 2. The second kappa shape index (κ2) is 4.85. The quantitative estimate of drug-likeness (QED) is 0.677. The van der Waals surface area contributed by atoms with Crippen LogP contribution < -0.4 is 0 Å². The Morgan fingerprint density at radius 1 is 1.06 bits per heavy atom. The SMILES string of the molecule is COC(=O)[C@H]1CCC[C@@H]1C(=O)OC(C)(C)C. The van der Waals surface area contributed by atoms with Crippen molar-refractivity contribution in [3.63, 3.8) is 0 Å².